The first kappa shape index (κ1) is 32.0. The summed E-state index contributed by atoms with van der Waals surface area (Å²) in [5.74, 6) is -5.93. The maximum atomic E-state index is 13.1. The molecule has 0 aliphatic heterocycles. The molecule has 5 unspecified atom stereocenters. The summed E-state index contributed by atoms with van der Waals surface area (Å²) in [6.07, 6.45) is -0.541. The van der Waals surface area contributed by atoms with Crippen molar-refractivity contribution in [3.05, 3.63) is 35.9 Å². The van der Waals surface area contributed by atoms with Crippen LogP contribution in [0, 0.1) is 5.92 Å². The van der Waals surface area contributed by atoms with Gasteiger partial charge in [0.05, 0.1) is 6.04 Å². The van der Waals surface area contributed by atoms with Gasteiger partial charge in [0, 0.05) is 19.3 Å². The minimum absolute atomic E-state index is 0.0174. The Kier molecular flexibility index (Phi) is 13.5. The Balaban J connectivity index is 3.03. The van der Waals surface area contributed by atoms with E-state index in [0.717, 1.165) is 0 Å². The fourth-order valence-corrected chi connectivity index (χ4v) is 3.51. The molecule has 5 atom stereocenters. The predicted octanol–water partition coefficient (Wildman–Crippen LogP) is -0.728. The first-order valence-electron chi connectivity index (χ1n) is 12.3. The molecule has 0 saturated carbocycles. The first-order chi connectivity index (χ1) is 17.8. The van der Waals surface area contributed by atoms with E-state index in [9.17, 15) is 33.9 Å². The SMILES string of the molecule is CCC(C)C(NC(=O)C(CCC(=O)O)NC(=O)C(N)CCC(N)=O)C(=O)NC(Cc1ccccc1)C(=O)O. The van der Waals surface area contributed by atoms with Crippen molar-refractivity contribution in [3.63, 3.8) is 0 Å². The lowest BCUT2D eigenvalue weighted by molar-refractivity contribution is -0.142. The third kappa shape index (κ3) is 11.4. The topological polar surface area (TPSA) is 231 Å². The van der Waals surface area contributed by atoms with Crippen LogP contribution >= 0.6 is 0 Å². The van der Waals surface area contributed by atoms with Gasteiger partial charge in [0.1, 0.15) is 18.1 Å². The van der Waals surface area contributed by atoms with Gasteiger partial charge in [-0.1, -0.05) is 50.6 Å². The van der Waals surface area contributed by atoms with Crippen LogP contribution in [0.25, 0.3) is 0 Å². The molecule has 9 N–H and O–H groups in total. The number of hydrogen-bond donors (Lipinski definition) is 7. The normalized spacial score (nSPS) is 14.7. The molecule has 0 fully saturated rings. The van der Waals surface area contributed by atoms with Gasteiger partial charge in [0.25, 0.3) is 0 Å². The Morgan fingerprint density at radius 1 is 0.842 bits per heavy atom. The molecule has 0 aromatic heterocycles. The van der Waals surface area contributed by atoms with Crippen molar-refractivity contribution in [2.45, 2.75) is 76.5 Å². The van der Waals surface area contributed by atoms with Crippen molar-refractivity contribution < 1.29 is 39.0 Å². The van der Waals surface area contributed by atoms with Crippen molar-refractivity contribution in [1.29, 1.82) is 0 Å². The highest BCUT2D eigenvalue weighted by Crippen LogP contribution is 2.11. The molecule has 13 heteroatoms. The second kappa shape index (κ2) is 16.0. The van der Waals surface area contributed by atoms with E-state index in [0.29, 0.717) is 12.0 Å². The van der Waals surface area contributed by atoms with E-state index in [1.807, 2.05) is 0 Å². The van der Waals surface area contributed by atoms with Gasteiger partial charge in [-0.2, -0.15) is 0 Å². The third-order valence-electron chi connectivity index (χ3n) is 6.01. The summed E-state index contributed by atoms with van der Waals surface area (Å²) in [7, 11) is 0. The van der Waals surface area contributed by atoms with Crippen LogP contribution in [-0.2, 0) is 35.2 Å². The van der Waals surface area contributed by atoms with Gasteiger partial charge in [-0.05, 0) is 24.3 Å². The third-order valence-corrected chi connectivity index (χ3v) is 6.01. The zero-order valence-electron chi connectivity index (χ0n) is 21.5. The fraction of sp³-hybridized carbons (Fsp3) is 0.520. The zero-order chi connectivity index (χ0) is 28.8. The van der Waals surface area contributed by atoms with Crippen LogP contribution in [0.2, 0.25) is 0 Å². The standard InChI is InChI=1S/C25H37N5O8/c1-3-14(2)21(24(36)29-18(25(37)38)13-15-7-5-4-6-8-15)30-23(35)17(10-12-20(32)33)28-22(34)16(26)9-11-19(27)31/h4-8,14,16-18,21H,3,9-13,26H2,1-2H3,(H2,27,31)(H,28,34)(H,29,36)(H,30,35)(H,32,33)(H,37,38). The zero-order valence-corrected chi connectivity index (χ0v) is 21.5. The van der Waals surface area contributed by atoms with E-state index in [-0.39, 0.29) is 25.7 Å². The van der Waals surface area contributed by atoms with E-state index in [1.54, 1.807) is 44.2 Å². The number of primary amides is 1. The second-order valence-corrected chi connectivity index (χ2v) is 9.07. The molecular formula is C25H37N5O8. The van der Waals surface area contributed by atoms with Crippen molar-refractivity contribution in [3.8, 4) is 0 Å². The number of carboxylic acid groups (broad SMARTS) is 2. The molecule has 1 aromatic carbocycles. The van der Waals surface area contributed by atoms with Gasteiger partial charge >= 0.3 is 11.9 Å². The maximum absolute atomic E-state index is 13.1. The van der Waals surface area contributed by atoms with Gasteiger partial charge in [0.15, 0.2) is 0 Å². The molecule has 4 amide bonds. The lowest BCUT2D eigenvalue weighted by Gasteiger charge is -2.28. The molecule has 38 heavy (non-hydrogen) atoms. The van der Waals surface area contributed by atoms with Gasteiger partial charge in [-0.25, -0.2) is 4.79 Å². The molecule has 0 radical (unpaired) electrons. The molecule has 0 bridgehead atoms. The molecule has 13 nitrogen and oxygen atoms in total. The van der Waals surface area contributed by atoms with Gasteiger partial charge < -0.3 is 37.6 Å². The van der Waals surface area contributed by atoms with Crippen molar-refractivity contribution in [1.82, 2.24) is 16.0 Å². The summed E-state index contributed by atoms with van der Waals surface area (Å²) < 4.78 is 0. The Bertz CT molecular complexity index is 987. The number of carbonyl (C=O) groups excluding carboxylic acids is 4. The number of carbonyl (C=O) groups is 6. The molecule has 0 saturated heterocycles. The average molecular weight is 536 g/mol. The van der Waals surface area contributed by atoms with Crippen molar-refractivity contribution >= 4 is 35.6 Å². The average Bonchev–Trinajstić information content (AvgIpc) is 2.87. The first-order valence-corrected chi connectivity index (χ1v) is 12.3. The number of benzene rings is 1. The molecule has 0 heterocycles. The van der Waals surface area contributed by atoms with Crippen molar-refractivity contribution in [2.24, 2.45) is 17.4 Å². The van der Waals surface area contributed by atoms with E-state index in [1.165, 1.54) is 0 Å². The van der Waals surface area contributed by atoms with Crippen LogP contribution in [0.15, 0.2) is 30.3 Å². The molecule has 1 aromatic rings. The van der Waals surface area contributed by atoms with Crippen LogP contribution < -0.4 is 27.4 Å². The van der Waals surface area contributed by atoms with Crippen LogP contribution in [0.1, 0.15) is 51.5 Å². The molecular weight excluding hydrogens is 498 g/mol. The van der Waals surface area contributed by atoms with E-state index in [2.05, 4.69) is 16.0 Å². The van der Waals surface area contributed by atoms with Crippen LogP contribution in [-0.4, -0.2) is 69.9 Å². The minimum Gasteiger partial charge on any atom is -0.481 e. The number of amides is 4. The summed E-state index contributed by atoms with van der Waals surface area (Å²) in [5, 5.41) is 26.1. The Morgan fingerprint density at radius 3 is 1.97 bits per heavy atom. The second-order valence-electron chi connectivity index (χ2n) is 9.07. The highest BCUT2D eigenvalue weighted by atomic mass is 16.4. The molecule has 0 spiro atoms. The number of hydrogen-bond acceptors (Lipinski definition) is 7. The smallest absolute Gasteiger partial charge is 0.326 e. The molecule has 0 aliphatic carbocycles. The molecule has 210 valence electrons. The number of rotatable bonds is 17. The highest BCUT2D eigenvalue weighted by Gasteiger charge is 2.33. The van der Waals surface area contributed by atoms with E-state index >= 15 is 0 Å². The Hall–Kier alpha value is -4.00. The van der Waals surface area contributed by atoms with Crippen LogP contribution in [0.3, 0.4) is 0 Å². The maximum Gasteiger partial charge on any atom is 0.326 e. The summed E-state index contributed by atoms with van der Waals surface area (Å²) in [5.41, 5.74) is 11.5. The largest absolute Gasteiger partial charge is 0.481 e. The predicted molar refractivity (Wildman–Crippen MR) is 136 cm³/mol. The number of nitrogens with two attached hydrogens (primary N) is 2. The van der Waals surface area contributed by atoms with E-state index in [4.69, 9.17) is 16.6 Å². The lowest BCUT2D eigenvalue weighted by atomic mass is 9.96. The Labute approximate surface area is 220 Å². The van der Waals surface area contributed by atoms with Gasteiger partial charge in [-0.15, -0.1) is 0 Å². The lowest BCUT2D eigenvalue weighted by Crippen LogP contribution is -2.59. The molecule has 1 rings (SSSR count). The highest BCUT2D eigenvalue weighted by molar-refractivity contribution is 5.94. The van der Waals surface area contributed by atoms with Crippen LogP contribution in [0.5, 0.6) is 0 Å². The monoisotopic (exact) mass is 535 g/mol. The van der Waals surface area contributed by atoms with Gasteiger partial charge in [-0.3, -0.25) is 24.0 Å². The molecule has 0 aliphatic rings. The summed E-state index contributed by atoms with van der Waals surface area (Å²) >= 11 is 0. The number of carboxylic acids is 2. The quantitative estimate of drug-likeness (QED) is 0.133. The summed E-state index contributed by atoms with van der Waals surface area (Å²) in [6, 6.07) is 3.74. The fourth-order valence-electron chi connectivity index (χ4n) is 3.51. The van der Waals surface area contributed by atoms with E-state index < -0.39 is 72.1 Å². The van der Waals surface area contributed by atoms with Crippen molar-refractivity contribution in [2.75, 3.05) is 0 Å². The summed E-state index contributed by atoms with van der Waals surface area (Å²) in [4.78, 5) is 72.6. The van der Waals surface area contributed by atoms with Gasteiger partial charge in [0.2, 0.25) is 23.6 Å². The summed E-state index contributed by atoms with van der Waals surface area (Å²) in [6.45, 7) is 3.46. The number of nitrogens with one attached hydrogen (secondary N) is 3. The minimum atomic E-state index is -1.35. The Morgan fingerprint density at radius 2 is 1.45 bits per heavy atom. The van der Waals surface area contributed by atoms with Crippen LogP contribution in [0.4, 0.5) is 0 Å². The number of aliphatic carboxylic acids is 2.